The Morgan fingerprint density at radius 3 is 2.45 bits per heavy atom. The van der Waals surface area contributed by atoms with E-state index in [1.165, 1.54) is 4.91 Å². The van der Waals surface area contributed by atoms with Crippen LogP contribution in [0, 0.1) is 6.92 Å². The van der Waals surface area contributed by atoms with Crippen LogP contribution in [0.2, 0.25) is 0 Å². The topological polar surface area (TPSA) is 61.4 Å². The van der Waals surface area contributed by atoms with Crippen LogP contribution in [0.3, 0.4) is 0 Å². The van der Waals surface area contributed by atoms with Crippen molar-refractivity contribution in [3.05, 3.63) is 100 Å². The third-order valence-corrected chi connectivity index (χ3v) is 6.74. The molecule has 0 unspecified atom stereocenters. The normalized spacial score (nSPS) is 13.0. The number of nitrogens with one attached hydrogen (secondary N) is 2. The van der Waals surface area contributed by atoms with Gasteiger partial charge < -0.3 is 15.5 Å². The molecular formula is C27H27N3O2S. The molecule has 0 radical (unpaired) electrons. The Bertz CT molecular complexity index is 1190. The van der Waals surface area contributed by atoms with Crippen molar-refractivity contribution in [1.82, 2.24) is 5.32 Å². The van der Waals surface area contributed by atoms with Crippen molar-refractivity contribution in [2.75, 3.05) is 30.4 Å². The first kappa shape index (κ1) is 22.8. The molecule has 2 N–H and O–H groups in total. The van der Waals surface area contributed by atoms with Gasteiger partial charge in [0.25, 0.3) is 11.8 Å². The highest BCUT2D eigenvalue weighted by Crippen LogP contribution is 2.39. The molecule has 1 heterocycles. The Kier molecular flexibility index (Phi) is 7.27. The predicted molar refractivity (Wildman–Crippen MR) is 136 cm³/mol. The van der Waals surface area contributed by atoms with Crippen molar-refractivity contribution in [3.63, 3.8) is 0 Å². The Balaban J connectivity index is 1.52. The number of fused-ring (bicyclic) bond motifs is 1. The molecule has 3 aromatic rings. The molecule has 1 aliphatic heterocycles. The van der Waals surface area contributed by atoms with Crippen LogP contribution in [-0.2, 0) is 0 Å². The molecule has 0 saturated heterocycles. The van der Waals surface area contributed by atoms with Crippen LogP contribution in [0.15, 0.2) is 88.7 Å². The molecule has 0 fully saturated rings. The van der Waals surface area contributed by atoms with Gasteiger partial charge in [-0.3, -0.25) is 9.59 Å². The van der Waals surface area contributed by atoms with Gasteiger partial charge in [0.2, 0.25) is 0 Å². The SMILES string of the molecule is CNCCC1=CCN(C(=O)c2ccc(NC(=O)c3ccccc3C)cc2)c2ccccc2S1. The van der Waals surface area contributed by atoms with Crippen molar-refractivity contribution in [2.24, 2.45) is 0 Å². The summed E-state index contributed by atoms with van der Waals surface area (Å²) < 4.78 is 0. The molecular weight excluding hydrogens is 430 g/mol. The molecule has 0 saturated carbocycles. The minimum absolute atomic E-state index is 0.0639. The monoisotopic (exact) mass is 457 g/mol. The summed E-state index contributed by atoms with van der Waals surface area (Å²) >= 11 is 1.72. The number of anilines is 2. The lowest BCUT2D eigenvalue weighted by Gasteiger charge is -2.22. The molecule has 5 nitrogen and oxygen atoms in total. The zero-order valence-electron chi connectivity index (χ0n) is 18.8. The minimum Gasteiger partial charge on any atom is -0.322 e. The number of hydrogen-bond acceptors (Lipinski definition) is 4. The molecule has 0 spiro atoms. The van der Waals surface area contributed by atoms with E-state index in [0.717, 1.165) is 29.1 Å². The fraction of sp³-hybridized carbons (Fsp3) is 0.185. The third kappa shape index (κ3) is 5.35. The lowest BCUT2D eigenvalue weighted by atomic mass is 10.1. The van der Waals surface area contributed by atoms with E-state index >= 15 is 0 Å². The van der Waals surface area contributed by atoms with Gasteiger partial charge in [-0.15, -0.1) is 0 Å². The molecule has 33 heavy (non-hydrogen) atoms. The van der Waals surface area contributed by atoms with Crippen LogP contribution in [-0.4, -0.2) is 32.0 Å². The fourth-order valence-corrected chi connectivity index (χ4v) is 4.79. The maximum atomic E-state index is 13.4. The van der Waals surface area contributed by atoms with E-state index < -0.39 is 0 Å². The van der Waals surface area contributed by atoms with E-state index in [4.69, 9.17) is 0 Å². The molecule has 168 valence electrons. The number of para-hydroxylation sites is 1. The summed E-state index contributed by atoms with van der Waals surface area (Å²) in [6.07, 6.45) is 3.06. The molecule has 4 rings (SSSR count). The number of thioether (sulfide) groups is 1. The quantitative estimate of drug-likeness (QED) is 0.514. The lowest BCUT2D eigenvalue weighted by Crippen LogP contribution is -2.31. The average Bonchev–Trinajstić information content (AvgIpc) is 3.02. The summed E-state index contributed by atoms with van der Waals surface area (Å²) in [5.74, 6) is -0.226. The standard InChI is InChI=1S/C27H27N3O2S/c1-19-7-3-4-8-23(19)26(31)29-21-13-11-20(12-14-21)27(32)30-18-16-22(15-17-28-2)33-25-10-6-5-9-24(25)30/h3-14,16,28H,15,17-18H2,1-2H3,(H,29,31). The molecule has 0 aliphatic carbocycles. The van der Waals surface area contributed by atoms with Gasteiger partial charge in [-0.25, -0.2) is 0 Å². The molecule has 3 aromatic carbocycles. The summed E-state index contributed by atoms with van der Waals surface area (Å²) in [4.78, 5) is 30.1. The first-order valence-corrected chi connectivity index (χ1v) is 11.8. The minimum atomic E-state index is -0.162. The number of aryl methyl sites for hydroxylation is 1. The van der Waals surface area contributed by atoms with Gasteiger partial charge in [0.1, 0.15) is 0 Å². The predicted octanol–water partition coefficient (Wildman–Crippen LogP) is 5.49. The van der Waals surface area contributed by atoms with Gasteiger partial charge >= 0.3 is 0 Å². The summed E-state index contributed by atoms with van der Waals surface area (Å²) in [5, 5.41) is 6.10. The van der Waals surface area contributed by atoms with Crippen molar-refractivity contribution in [1.29, 1.82) is 0 Å². The van der Waals surface area contributed by atoms with Crippen molar-refractivity contribution < 1.29 is 9.59 Å². The van der Waals surface area contributed by atoms with E-state index in [1.54, 1.807) is 42.1 Å². The highest BCUT2D eigenvalue weighted by atomic mass is 32.2. The molecule has 0 aromatic heterocycles. The highest BCUT2D eigenvalue weighted by molar-refractivity contribution is 8.03. The van der Waals surface area contributed by atoms with E-state index in [9.17, 15) is 9.59 Å². The molecule has 0 atom stereocenters. The molecule has 6 heteroatoms. The summed E-state index contributed by atoms with van der Waals surface area (Å²) in [6.45, 7) is 3.32. The zero-order valence-corrected chi connectivity index (χ0v) is 19.6. The summed E-state index contributed by atoms with van der Waals surface area (Å²) in [5.41, 5.74) is 3.70. The second-order valence-electron chi connectivity index (χ2n) is 7.86. The van der Waals surface area contributed by atoms with Gasteiger partial charge in [-0.2, -0.15) is 0 Å². The van der Waals surface area contributed by atoms with Crippen molar-refractivity contribution >= 4 is 35.0 Å². The molecule has 2 amide bonds. The Morgan fingerprint density at radius 2 is 1.70 bits per heavy atom. The van der Waals surface area contributed by atoms with Crippen molar-refractivity contribution in [2.45, 2.75) is 18.2 Å². The van der Waals surface area contributed by atoms with E-state index in [0.29, 0.717) is 23.4 Å². The number of carbonyl (C=O) groups is 2. The number of hydrogen-bond donors (Lipinski definition) is 2. The second kappa shape index (κ2) is 10.5. The third-order valence-electron chi connectivity index (χ3n) is 5.54. The lowest BCUT2D eigenvalue weighted by molar-refractivity contribution is 0.0988. The van der Waals surface area contributed by atoms with Crippen LogP contribution in [0.25, 0.3) is 0 Å². The Hall–Kier alpha value is -3.35. The summed E-state index contributed by atoms with van der Waals surface area (Å²) in [6, 6.07) is 22.6. The first-order chi connectivity index (χ1) is 16.1. The Morgan fingerprint density at radius 1 is 0.970 bits per heavy atom. The van der Waals surface area contributed by atoms with Gasteiger partial charge in [0, 0.05) is 28.3 Å². The van der Waals surface area contributed by atoms with E-state index in [2.05, 4.69) is 22.8 Å². The number of amides is 2. The first-order valence-electron chi connectivity index (χ1n) is 11.0. The summed E-state index contributed by atoms with van der Waals surface area (Å²) in [7, 11) is 1.94. The van der Waals surface area contributed by atoms with Gasteiger partial charge in [0.05, 0.1) is 5.69 Å². The molecule has 1 aliphatic rings. The highest BCUT2D eigenvalue weighted by Gasteiger charge is 2.23. The largest absolute Gasteiger partial charge is 0.322 e. The van der Waals surface area contributed by atoms with Crippen LogP contribution >= 0.6 is 11.8 Å². The Labute approximate surface area is 198 Å². The maximum Gasteiger partial charge on any atom is 0.258 e. The molecule has 0 bridgehead atoms. The van der Waals surface area contributed by atoms with Gasteiger partial charge in [-0.1, -0.05) is 48.2 Å². The smallest absolute Gasteiger partial charge is 0.258 e. The number of carbonyl (C=O) groups excluding carboxylic acids is 2. The number of nitrogens with zero attached hydrogens (tertiary/aromatic N) is 1. The number of rotatable bonds is 6. The van der Waals surface area contributed by atoms with Gasteiger partial charge in [-0.05, 0) is 79.9 Å². The van der Waals surface area contributed by atoms with Crippen LogP contribution < -0.4 is 15.5 Å². The van der Waals surface area contributed by atoms with E-state index in [-0.39, 0.29) is 11.8 Å². The van der Waals surface area contributed by atoms with E-state index in [1.807, 2.05) is 55.3 Å². The second-order valence-corrected chi connectivity index (χ2v) is 9.02. The van der Waals surface area contributed by atoms with Crippen LogP contribution in [0.4, 0.5) is 11.4 Å². The van der Waals surface area contributed by atoms with Gasteiger partial charge in [0.15, 0.2) is 0 Å². The fourth-order valence-electron chi connectivity index (χ4n) is 3.71. The zero-order chi connectivity index (χ0) is 23.2. The maximum absolute atomic E-state index is 13.4. The number of benzene rings is 3. The van der Waals surface area contributed by atoms with Crippen LogP contribution in [0.1, 0.15) is 32.7 Å². The average molecular weight is 458 g/mol. The van der Waals surface area contributed by atoms with Crippen molar-refractivity contribution in [3.8, 4) is 0 Å². The van der Waals surface area contributed by atoms with Crippen LogP contribution in [0.5, 0.6) is 0 Å².